The van der Waals surface area contributed by atoms with E-state index in [-0.39, 0.29) is 28.4 Å². The van der Waals surface area contributed by atoms with E-state index >= 15 is 0 Å². The van der Waals surface area contributed by atoms with E-state index in [0.29, 0.717) is 32.5 Å². The van der Waals surface area contributed by atoms with Crippen LogP contribution < -0.4 is 9.64 Å². The molecule has 0 radical (unpaired) electrons. The molecule has 1 N–H and O–H groups in total. The number of amides is 1. The second-order valence-corrected chi connectivity index (χ2v) is 12.0. The van der Waals surface area contributed by atoms with Crippen molar-refractivity contribution >= 4 is 57.0 Å². The first-order chi connectivity index (χ1) is 18.4. The van der Waals surface area contributed by atoms with E-state index in [1.807, 2.05) is 24.4 Å². The van der Waals surface area contributed by atoms with Gasteiger partial charge in [-0.2, -0.15) is 0 Å². The highest BCUT2D eigenvalue weighted by atomic mass is 32.2. The third kappa shape index (κ3) is 4.40. The summed E-state index contributed by atoms with van der Waals surface area (Å²) >= 11 is 3.81. The second kappa shape index (κ2) is 9.97. The lowest BCUT2D eigenvalue weighted by Crippen LogP contribution is -2.29. The van der Waals surface area contributed by atoms with Crippen LogP contribution in [0, 0.1) is 5.82 Å². The van der Waals surface area contributed by atoms with E-state index in [1.165, 1.54) is 34.1 Å². The number of nitrogens with zero attached hydrogens (tertiary/aromatic N) is 3. The zero-order chi connectivity index (χ0) is 26.4. The van der Waals surface area contributed by atoms with Crippen molar-refractivity contribution in [2.75, 3.05) is 4.90 Å². The van der Waals surface area contributed by atoms with Crippen LogP contribution in [0.1, 0.15) is 34.5 Å². The third-order valence-corrected chi connectivity index (χ3v) is 9.37. The molecular weight excluding hydrogens is 546 g/mol. The Balaban J connectivity index is 1.36. The lowest BCUT2D eigenvalue weighted by molar-refractivity contribution is -0.132. The Morgan fingerprint density at radius 3 is 2.82 bits per heavy atom. The second-order valence-electron chi connectivity index (χ2n) is 8.87. The Morgan fingerprint density at radius 2 is 2.03 bits per heavy atom. The number of benzene rings is 2. The Labute approximate surface area is 229 Å². The number of hydrogen-bond acceptors (Lipinski definition) is 9. The van der Waals surface area contributed by atoms with E-state index in [2.05, 4.69) is 10.2 Å². The molecule has 38 heavy (non-hydrogen) atoms. The Morgan fingerprint density at radius 1 is 1.18 bits per heavy atom. The van der Waals surface area contributed by atoms with Crippen LogP contribution in [-0.4, -0.2) is 33.1 Å². The first-order valence-electron chi connectivity index (χ1n) is 11.7. The van der Waals surface area contributed by atoms with Crippen LogP contribution in [0.3, 0.4) is 0 Å². The van der Waals surface area contributed by atoms with Crippen molar-refractivity contribution in [3.8, 4) is 5.75 Å². The third-order valence-electron chi connectivity index (χ3n) is 6.34. The van der Waals surface area contributed by atoms with Gasteiger partial charge in [-0.3, -0.25) is 14.5 Å². The number of thioether (sulfide) groups is 1. The maximum Gasteiger partial charge on any atom is 0.301 e. The smallest absolute Gasteiger partial charge is 0.301 e. The summed E-state index contributed by atoms with van der Waals surface area (Å²) in [5.41, 5.74) is 1.91. The minimum atomic E-state index is -0.851. The topological polar surface area (TPSA) is 92.6 Å². The Kier molecular flexibility index (Phi) is 6.50. The summed E-state index contributed by atoms with van der Waals surface area (Å²) in [6.07, 6.45) is 0.721. The maximum atomic E-state index is 14.0. The Bertz CT molecular complexity index is 1580. The fraction of sp³-hybridized carbons (Fsp3) is 0.185. The molecule has 0 bridgehead atoms. The van der Waals surface area contributed by atoms with E-state index in [4.69, 9.17) is 4.74 Å². The van der Waals surface area contributed by atoms with Gasteiger partial charge in [-0.05, 0) is 53.8 Å². The monoisotopic (exact) mass is 565 g/mol. The molecule has 11 heteroatoms. The van der Waals surface area contributed by atoms with Gasteiger partial charge in [-0.15, -0.1) is 21.5 Å². The standard InChI is InChI=1S/C27H20FN3O4S3/c1-14-11-17-12-15(8-9-19(17)35-14)23(32)21-22(20-7-4-10-36-20)31(25(34)24(21)33)26-29-30-27(38-26)37-13-16-5-2-3-6-18(16)28/h2-10,12,14,22,32H,11,13H2,1H3/b23-21+. The molecule has 2 aromatic heterocycles. The van der Waals surface area contributed by atoms with Gasteiger partial charge in [-0.1, -0.05) is 47.4 Å². The summed E-state index contributed by atoms with van der Waals surface area (Å²) in [5, 5.41) is 21.8. The van der Waals surface area contributed by atoms with Gasteiger partial charge in [0.05, 0.1) is 5.57 Å². The number of fused-ring (bicyclic) bond motifs is 1. The van der Waals surface area contributed by atoms with Gasteiger partial charge in [0, 0.05) is 22.6 Å². The molecule has 4 aromatic rings. The van der Waals surface area contributed by atoms with Crippen LogP contribution in [0.25, 0.3) is 5.76 Å². The van der Waals surface area contributed by atoms with E-state index in [9.17, 15) is 19.1 Å². The first kappa shape index (κ1) is 24.8. The molecule has 2 aliphatic rings. The zero-order valence-electron chi connectivity index (χ0n) is 20.0. The van der Waals surface area contributed by atoms with Gasteiger partial charge in [0.2, 0.25) is 5.13 Å². The normalized spacial score (nSPS) is 20.1. The van der Waals surface area contributed by atoms with Crippen LogP contribution in [-0.2, 0) is 21.8 Å². The van der Waals surface area contributed by atoms with Crippen molar-refractivity contribution in [2.24, 2.45) is 0 Å². The molecule has 0 spiro atoms. The van der Waals surface area contributed by atoms with E-state index < -0.39 is 17.7 Å². The molecular formula is C27H20FN3O4S3. The largest absolute Gasteiger partial charge is 0.507 e. The molecule has 2 atom stereocenters. The van der Waals surface area contributed by atoms with Crippen LogP contribution in [0.15, 0.2) is 69.9 Å². The lowest BCUT2D eigenvalue weighted by atomic mass is 9.98. The molecule has 1 saturated heterocycles. The number of carbonyl (C=O) groups excluding carboxylic acids is 2. The molecule has 4 heterocycles. The van der Waals surface area contributed by atoms with Crippen molar-refractivity contribution in [1.82, 2.24) is 10.2 Å². The number of Topliss-reactive ketones (excluding diaryl/α,β-unsaturated/α-hetero) is 1. The highest BCUT2D eigenvalue weighted by Crippen LogP contribution is 2.45. The van der Waals surface area contributed by atoms with Crippen molar-refractivity contribution in [3.63, 3.8) is 0 Å². The fourth-order valence-electron chi connectivity index (χ4n) is 4.58. The first-order valence-corrected chi connectivity index (χ1v) is 14.4. The van der Waals surface area contributed by atoms with Crippen LogP contribution in [0.4, 0.5) is 9.52 Å². The number of rotatable bonds is 6. The van der Waals surface area contributed by atoms with Gasteiger partial charge >= 0.3 is 5.91 Å². The number of carbonyl (C=O) groups is 2. The number of aliphatic hydroxyl groups is 1. The fourth-order valence-corrected chi connectivity index (χ4v) is 7.26. The molecule has 7 nitrogen and oxygen atoms in total. The average molecular weight is 566 g/mol. The predicted octanol–water partition coefficient (Wildman–Crippen LogP) is 5.98. The Hall–Kier alpha value is -3.54. The molecule has 0 aliphatic carbocycles. The van der Waals surface area contributed by atoms with Crippen molar-refractivity contribution in [2.45, 2.75) is 35.6 Å². The van der Waals surface area contributed by atoms with Crippen molar-refractivity contribution in [3.05, 3.63) is 92.9 Å². The highest BCUT2D eigenvalue weighted by Gasteiger charge is 2.49. The number of ether oxygens (including phenoxy) is 1. The number of anilines is 1. The van der Waals surface area contributed by atoms with Gasteiger partial charge in [0.25, 0.3) is 5.78 Å². The molecule has 1 amide bonds. The van der Waals surface area contributed by atoms with Crippen molar-refractivity contribution < 1.29 is 23.8 Å². The molecule has 2 aromatic carbocycles. The summed E-state index contributed by atoms with van der Waals surface area (Å²) in [6.45, 7) is 1.97. The summed E-state index contributed by atoms with van der Waals surface area (Å²) in [6, 6.07) is 14.5. The minimum Gasteiger partial charge on any atom is -0.507 e. The van der Waals surface area contributed by atoms with E-state index in [0.717, 1.165) is 22.6 Å². The van der Waals surface area contributed by atoms with Gasteiger partial charge in [-0.25, -0.2) is 4.39 Å². The molecule has 2 aliphatic heterocycles. The van der Waals surface area contributed by atoms with Gasteiger partial charge in [0.15, 0.2) is 4.34 Å². The molecule has 192 valence electrons. The molecule has 0 saturated carbocycles. The van der Waals surface area contributed by atoms with E-state index in [1.54, 1.807) is 36.4 Å². The van der Waals surface area contributed by atoms with Crippen LogP contribution in [0.2, 0.25) is 0 Å². The predicted molar refractivity (Wildman–Crippen MR) is 145 cm³/mol. The lowest BCUT2D eigenvalue weighted by Gasteiger charge is -2.21. The summed E-state index contributed by atoms with van der Waals surface area (Å²) < 4.78 is 20.3. The molecule has 2 unspecified atom stereocenters. The quantitative estimate of drug-likeness (QED) is 0.101. The number of aliphatic hydroxyl groups excluding tert-OH is 1. The number of thiophene rings is 1. The highest BCUT2D eigenvalue weighted by molar-refractivity contribution is 8.00. The summed E-state index contributed by atoms with van der Waals surface area (Å²) in [4.78, 5) is 28.7. The van der Waals surface area contributed by atoms with Crippen LogP contribution >= 0.6 is 34.4 Å². The van der Waals surface area contributed by atoms with Gasteiger partial charge < -0.3 is 9.84 Å². The number of halogens is 1. The molecule has 6 rings (SSSR count). The maximum absolute atomic E-state index is 14.0. The number of hydrogen-bond donors (Lipinski definition) is 1. The number of aromatic nitrogens is 2. The number of ketones is 1. The minimum absolute atomic E-state index is 0.000114. The molecule has 1 fully saturated rings. The van der Waals surface area contributed by atoms with Crippen LogP contribution in [0.5, 0.6) is 5.75 Å². The zero-order valence-corrected chi connectivity index (χ0v) is 22.4. The SMILES string of the molecule is CC1Cc2cc(/C(O)=C3\C(=O)C(=O)N(c4nnc(SCc5ccccc5F)s4)C3c3cccs3)ccc2O1. The summed E-state index contributed by atoms with van der Waals surface area (Å²) in [5.74, 6) is -1.04. The van der Waals surface area contributed by atoms with Crippen molar-refractivity contribution in [1.29, 1.82) is 0 Å². The van der Waals surface area contributed by atoms with Gasteiger partial charge in [0.1, 0.15) is 29.5 Å². The summed E-state index contributed by atoms with van der Waals surface area (Å²) in [7, 11) is 0. The average Bonchev–Trinajstić information content (AvgIpc) is 3.70.